The van der Waals surface area contributed by atoms with Gasteiger partial charge in [0, 0.05) is 5.56 Å². The van der Waals surface area contributed by atoms with Crippen LogP contribution in [0.3, 0.4) is 0 Å². The Balaban J connectivity index is 2.32. The van der Waals surface area contributed by atoms with Crippen LogP contribution in [0.1, 0.15) is 37.0 Å². The van der Waals surface area contributed by atoms with Gasteiger partial charge in [-0.1, -0.05) is 31.5 Å². The summed E-state index contributed by atoms with van der Waals surface area (Å²) < 4.78 is 0. The molecule has 1 atom stereocenters. The Kier molecular flexibility index (Phi) is 7.03. The van der Waals surface area contributed by atoms with Crippen LogP contribution in [-0.4, -0.2) is 22.8 Å². The van der Waals surface area contributed by atoms with E-state index in [2.05, 4.69) is 17.8 Å². The quantitative estimate of drug-likeness (QED) is 0.621. The molecule has 0 fully saturated rings. The van der Waals surface area contributed by atoms with Crippen molar-refractivity contribution in [2.24, 2.45) is 0 Å². The number of hydrazine groups is 1. The highest BCUT2D eigenvalue weighted by molar-refractivity contribution is 8.00. The number of nitrogens with one attached hydrogen (secondary N) is 2. The molecule has 0 aliphatic rings. The van der Waals surface area contributed by atoms with Crippen molar-refractivity contribution in [3.05, 3.63) is 35.9 Å². The molecule has 1 rings (SSSR count). The predicted octanol–water partition coefficient (Wildman–Crippen LogP) is 2.37. The first-order chi connectivity index (χ1) is 9.15. The molecule has 4 nitrogen and oxygen atoms in total. The molecule has 1 aromatic rings. The summed E-state index contributed by atoms with van der Waals surface area (Å²) in [5.74, 6) is 0.475. The zero-order chi connectivity index (χ0) is 14.1. The molecule has 0 aliphatic heterocycles. The third kappa shape index (κ3) is 5.79. The van der Waals surface area contributed by atoms with Crippen molar-refractivity contribution < 1.29 is 9.59 Å². The van der Waals surface area contributed by atoms with Gasteiger partial charge in [-0.3, -0.25) is 20.4 Å². The summed E-state index contributed by atoms with van der Waals surface area (Å²) in [5.41, 5.74) is 5.39. The topological polar surface area (TPSA) is 58.2 Å². The van der Waals surface area contributed by atoms with Crippen LogP contribution in [0.15, 0.2) is 30.3 Å². The smallest absolute Gasteiger partial charge is 0.269 e. The zero-order valence-electron chi connectivity index (χ0n) is 11.3. The second-order valence-electron chi connectivity index (χ2n) is 4.18. The molecule has 0 spiro atoms. The molecule has 5 heteroatoms. The Bertz CT molecular complexity index is 409. The lowest BCUT2D eigenvalue weighted by Gasteiger charge is -2.12. The molecule has 0 heterocycles. The molecular weight excluding hydrogens is 260 g/mol. The van der Waals surface area contributed by atoms with Crippen LogP contribution in [0.5, 0.6) is 0 Å². The summed E-state index contributed by atoms with van der Waals surface area (Å²) in [6.07, 6.45) is 2.21. The first-order valence-corrected chi connectivity index (χ1v) is 7.47. The van der Waals surface area contributed by atoms with Gasteiger partial charge < -0.3 is 0 Å². The van der Waals surface area contributed by atoms with Crippen molar-refractivity contribution in [2.75, 3.05) is 5.75 Å². The molecule has 2 N–H and O–H groups in total. The number of amides is 2. The Morgan fingerprint density at radius 1 is 1.21 bits per heavy atom. The van der Waals surface area contributed by atoms with Gasteiger partial charge >= 0.3 is 0 Å². The van der Waals surface area contributed by atoms with Crippen LogP contribution in [0.4, 0.5) is 0 Å². The number of rotatable bonds is 6. The fourth-order valence-corrected chi connectivity index (χ4v) is 2.38. The van der Waals surface area contributed by atoms with Crippen molar-refractivity contribution in [3.63, 3.8) is 0 Å². The molecule has 0 saturated heterocycles. The van der Waals surface area contributed by atoms with Crippen molar-refractivity contribution >= 4 is 23.6 Å². The molecule has 2 amide bonds. The van der Waals surface area contributed by atoms with E-state index in [9.17, 15) is 9.59 Å². The Morgan fingerprint density at radius 3 is 2.53 bits per heavy atom. The maximum atomic E-state index is 11.7. The zero-order valence-corrected chi connectivity index (χ0v) is 12.1. The van der Waals surface area contributed by atoms with Gasteiger partial charge in [0.05, 0.1) is 5.25 Å². The highest BCUT2D eigenvalue weighted by Crippen LogP contribution is 2.12. The van der Waals surface area contributed by atoms with Crippen LogP contribution >= 0.6 is 11.8 Å². The molecule has 0 bridgehead atoms. The lowest BCUT2D eigenvalue weighted by Crippen LogP contribution is -2.45. The van der Waals surface area contributed by atoms with Crippen LogP contribution in [-0.2, 0) is 4.79 Å². The summed E-state index contributed by atoms with van der Waals surface area (Å²) in [5, 5.41) is -0.164. The normalized spacial score (nSPS) is 11.7. The molecule has 0 aromatic heterocycles. The number of carbonyl (C=O) groups excluding carboxylic acids is 2. The van der Waals surface area contributed by atoms with E-state index >= 15 is 0 Å². The monoisotopic (exact) mass is 280 g/mol. The van der Waals surface area contributed by atoms with E-state index in [1.54, 1.807) is 36.0 Å². The lowest BCUT2D eigenvalue weighted by atomic mass is 10.2. The SMILES string of the molecule is CCCCSC(C)C(=O)NNC(=O)c1ccccc1. The lowest BCUT2D eigenvalue weighted by molar-refractivity contribution is -0.121. The minimum atomic E-state index is -0.306. The highest BCUT2D eigenvalue weighted by Gasteiger charge is 2.13. The van der Waals surface area contributed by atoms with Crippen molar-refractivity contribution in [3.8, 4) is 0 Å². The number of unbranched alkanes of at least 4 members (excludes halogenated alkanes) is 1. The van der Waals surface area contributed by atoms with Crippen LogP contribution in [0, 0.1) is 0 Å². The van der Waals surface area contributed by atoms with E-state index < -0.39 is 0 Å². The summed E-state index contributed by atoms with van der Waals surface area (Å²) in [7, 11) is 0. The summed E-state index contributed by atoms with van der Waals surface area (Å²) >= 11 is 1.59. The van der Waals surface area contributed by atoms with Crippen molar-refractivity contribution in [2.45, 2.75) is 31.9 Å². The fourth-order valence-electron chi connectivity index (χ4n) is 1.36. The molecule has 19 heavy (non-hydrogen) atoms. The van der Waals surface area contributed by atoms with Gasteiger partial charge in [-0.2, -0.15) is 0 Å². The summed E-state index contributed by atoms with van der Waals surface area (Å²) in [4.78, 5) is 23.4. The first kappa shape index (κ1) is 15.6. The summed E-state index contributed by atoms with van der Waals surface area (Å²) in [6, 6.07) is 8.78. The van der Waals surface area contributed by atoms with E-state index in [-0.39, 0.29) is 17.1 Å². The standard InChI is InChI=1S/C14H20N2O2S/c1-3-4-10-19-11(2)13(17)15-16-14(18)12-8-6-5-7-9-12/h5-9,11H,3-4,10H2,1-2H3,(H,15,17)(H,16,18). The van der Waals surface area contributed by atoms with Gasteiger partial charge in [-0.25, -0.2) is 0 Å². The van der Waals surface area contributed by atoms with Crippen LogP contribution in [0.2, 0.25) is 0 Å². The third-order valence-electron chi connectivity index (χ3n) is 2.57. The predicted molar refractivity (Wildman–Crippen MR) is 78.9 cm³/mol. The van der Waals surface area contributed by atoms with Gasteiger partial charge in [0.15, 0.2) is 0 Å². The van der Waals surface area contributed by atoms with Crippen molar-refractivity contribution in [1.29, 1.82) is 0 Å². The summed E-state index contributed by atoms with van der Waals surface area (Å²) in [6.45, 7) is 3.95. The van der Waals surface area contributed by atoms with Gasteiger partial charge in [0.25, 0.3) is 11.8 Å². The molecule has 104 valence electrons. The Morgan fingerprint density at radius 2 is 1.89 bits per heavy atom. The van der Waals surface area contributed by atoms with E-state index in [0.29, 0.717) is 5.56 Å². The van der Waals surface area contributed by atoms with Gasteiger partial charge in [0.2, 0.25) is 0 Å². The van der Waals surface area contributed by atoms with E-state index in [1.807, 2.05) is 13.0 Å². The number of thioether (sulfide) groups is 1. The minimum absolute atomic E-state index is 0.164. The van der Waals surface area contributed by atoms with Gasteiger partial charge in [-0.15, -0.1) is 11.8 Å². The van der Waals surface area contributed by atoms with Crippen molar-refractivity contribution in [1.82, 2.24) is 10.9 Å². The maximum Gasteiger partial charge on any atom is 0.269 e. The second kappa shape index (κ2) is 8.58. The fraction of sp³-hybridized carbons (Fsp3) is 0.429. The molecule has 0 radical (unpaired) electrons. The number of carbonyl (C=O) groups is 2. The largest absolute Gasteiger partial charge is 0.272 e. The first-order valence-electron chi connectivity index (χ1n) is 6.42. The third-order valence-corrected chi connectivity index (χ3v) is 3.81. The van der Waals surface area contributed by atoms with Gasteiger partial charge in [0.1, 0.15) is 0 Å². The highest BCUT2D eigenvalue weighted by atomic mass is 32.2. The minimum Gasteiger partial charge on any atom is -0.272 e. The van der Waals surface area contributed by atoms with E-state index in [1.165, 1.54) is 0 Å². The molecule has 0 saturated carbocycles. The Hall–Kier alpha value is -1.49. The van der Waals surface area contributed by atoms with Crippen LogP contribution < -0.4 is 10.9 Å². The molecule has 0 aliphatic carbocycles. The molecule has 1 aromatic carbocycles. The van der Waals surface area contributed by atoms with Crippen LogP contribution in [0.25, 0.3) is 0 Å². The molecule has 1 unspecified atom stereocenters. The van der Waals surface area contributed by atoms with Gasteiger partial charge in [-0.05, 0) is 31.2 Å². The van der Waals surface area contributed by atoms with E-state index in [4.69, 9.17) is 0 Å². The second-order valence-corrected chi connectivity index (χ2v) is 5.62. The average molecular weight is 280 g/mol. The Labute approximate surface area is 118 Å². The maximum absolute atomic E-state index is 11.7. The number of hydrogen-bond donors (Lipinski definition) is 2. The molecular formula is C14H20N2O2S. The number of benzene rings is 1. The van der Waals surface area contributed by atoms with E-state index in [0.717, 1.165) is 18.6 Å². The average Bonchev–Trinajstić information content (AvgIpc) is 2.45. The number of hydrogen-bond acceptors (Lipinski definition) is 3.